The maximum Gasteiger partial charge on any atom is 0.253 e. The van der Waals surface area contributed by atoms with Gasteiger partial charge in [-0.2, -0.15) is 0 Å². The van der Waals surface area contributed by atoms with E-state index in [1.165, 1.54) is 4.90 Å². The number of carbonyl (C=O) groups is 2. The van der Waals surface area contributed by atoms with Gasteiger partial charge in [-0.25, -0.2) is 0 Å². The van der Waals surface area contributed by atoms with Gasteiger partial charge in [-0.05, 0) is 32.0 Å². The highest BCUT2D eigenvalue weighted by Gasteiger charge is 2.20. The molecule has 3 N–H and O–H groups in total. The molecule has 20 heavy (non-hydrogen) atoms. The lowest BCUT2D eigenvalue weighted by molar-refractivity contribution is 0.0827. The average Bonchev–Trinajstić information content (AvgIpc) is 2.37. The second-order valence-corrected chi connectivity index (χ2v) is 5.32. The van der Waals surface area contributed by atoms with Crippen molar-refractivity contribution in [3.63, 3.8) is 0 Å². The van der Waals surface area contributed by atoms with E-state index < -0.39 is 5.54 Å². The molecule has 1 aromatic rings. The van der Waals surface area contributed by atoms with Crippen molar-refractivity contribution in [2.24, 2.45) is 5.73 Å². The van der Waals surface area contributed by atoms with E-state index in [2.05, 4.69) is 5.32 Å². The Kier molecular flexibility index (Phi) is 6.68. The number of benzene rings is 1. The van der Waals surface area contributed by atoms with Crippen LogP contribution in [-0.4, -0.2) is 42.9 Å². The summed E-state index contributed by atoms with van der Waals surface area (Å²) in [5.41, 5.74) is 6.04. The standard InChI is InChI=1S/C14H21N3O2.ClH/c1-14(2,9-15)16-12(18)10-6-5-7-11(8-10)13(19)17(3)4;/h5-8H,9,15H2,1-4H3,(H,16,18);1H. The van der Waals surface area contributed by atoms with Crippen LogP contribution < -0.4 is 11.1 Å². The Labute approximate surface area is 125 Å². The summed E-state index contributed by atoms with van der Waals surface area (Å²) in [7, 11) is 3.35. The summed E-state index contributed by atoms with van der Waals surface area (Å²) in [5.74, 6) is -0.364. The third kappa shape index (κ3) is 4.83. The van der Waals surface area contributed by atoms with E-state index in [9.17, 15) is 9.59 Å². The molecule has 0 aromatic heterocycles. The third-order valence-corrected chi connectivity index (χ3v) is 2.74. The molecule has 0 aliphatic rings. The molecule has 0 saturated heterocycles. The molecule has 1 rings (SSSR count). The highest BCUT2D eigenvalue weighted by Crippen LogP contribution is 2.09. The summed E-state index contributed by atoms with van der Waals surface area (Å²) in [5, 5.41) is 2.83. The van der Waals surface area contributed by atoms with Crippen molar-refractivity contribution in [3.8, 4) is 0 Å². The van der Waals surface area contributed by atoms with E-state index in [0.29, 0.717) is 17.7 Å². The van der Waals surface area contributed by atoms with Gasteiger partial charge < -0.3 is 16.0 Å². The fourth-order valence-electron chi connectivity index (χ4n) is 1.48. The Balaban J connectivity index is 0.00000361. The second-order valence-electron chi connectivity index (χ2n) is 5.32. The van der Waals surface area contributed by atoms with Crippen molar-refractivity contribution in [1.29, 1.82) is 0 Å². The molecular weight excluding hydrogens is 278 g/mol. The summed E-state index contributed by atoms with van der Waals surface area (Å²) >= 11 is 0. The maximum atomic E-state index is 12.1. The van der Waals surface area contributed by atoms with E-state index in [-0.39, 0.29) is 24.2 Å². The van der Waals surface area contributed by atoms with E-state index in [4.69, 9.17) is 5.73 Å². The van der Waals surface area contributed by atoms with Crippen molar-refractivity contribution >= 4 is 24.2 Å². The Bertz CT molecular complexity index is 487. The van der Waals surface area contributed by atoms with Crippen LogP contribution in [0.4, 0.5) is 0 Å². The zero-order chi connectivity index (χ0) is 14.6. The minimum absolute atomic E-state index is 0. The third-order valence-electron chi connectivity index (χ3n) is 2.74. The number of nitrogens with one attached hydrogen (secondary N) is 1. The predicted octanol–water partition coefficient (Wildman–Crippen LogP) is 1.28. The van der Waals surface area contributed by atoms with Gasteiger partial charge in [-0.15, -0.1) is 12.4 Å². The topological polar surface area (TPSA) is 75.4 Å². The first-order chi connectivity index (χ1) is 8.76. The van der Waals surface area contributed by atoms with Crippen LogP contribution in [-0.2, 0) is 0 Å². The Morgan fingerprint density at radius 1 is 1.25 bits per heavy atom. The minimum atomic E-state index is -0.474. The molecule has 0 fully saturated rings. The van der Waals surface area contributed by atoms with Crippen LogP contribution in [0.15, 0.2) is 24.3 Å². The molecule has 0 aliphatic carbocycles. The van der Waals surface area contributed by atoms with Gasteiger partial charge in [0, 0.05) is 37.3 Å². The summed E-state index contributed by atoms with van der Waals surface area (Å²) in [6.07, 6.45) is 0. The number of hydrogen-bond acceptors (Lipinski definition) is 3. The number of rotatable bonds is 4. The number of amides is 2. The van der Waals surface area contributed by atoms with Crippen molar-refractivity contribution < 1.29 is 9.59 Å². The molecule has 0 atom stereocenters. The van der Waals surface area contributed by atoms with Gasteiger partial charge in [0.15, 0.2) is 0 Å². The van der Waals surface area contributed by atoms with Crippen molar-refractivity contribution in [3.05, 3.63) is 35.4 Å². The van der Waals surface area contributed by atoms with Crippen LogP contribution in [0.1, 0.15) is 34.6 Å². The lowest BCUT2D eigenvalue weighted by Gasteiger charge is -2.24. The first-order valence-corrected chi connectivity index (χ1v) is 6.11. The van der Waals surface area contributed by atoms with Gasteiger partial charge >= 0.3 is 0 Å². The molecule has 0 heterocycles. The smallest absolute Gasteiger partial charge is 0.253 e. The molecule has 1 aromatic carbocycles. The normalized spacial score (nSPS) is 10.4. The Morgan fingerprint density at radius 2 is 1.80 bits per heavy atom. The fraction of sp³-hybridized carbons (Fsp3) is 0.429. The first-order valence-electron chi connectivity index (χ1n) is 6.11. The average molecular weight is 300 g/mol. The SMILES string of the molecule is CN(C)C(=O)c1cccc(C(=O)NC(C)(C)CN)c1.Cl. The lowest BCUT2D eigenvalue weighted by atomic mass is 10.0. The van der Waals surface area contributed by atoms with Crippen molar-refractivity contribution in [2.75, 3.05) is 20.6 Å². The zero-order valence-corrected chi connectivity index (χ0v) is 13.1. The summed E-state index contributed by atoms with van der Waals surface area (Å²) in [6.45, 7) is 4.04. The molecule has 2 amide bonds. The molecule has 0 unspecified atom stereocenters. The predicted molar refractivity (Wildman–Crippen MR) is 82.3 cm³/mol. The van der Waals surface area contributed by atoms with Gasteiger partial charge in [0.2, 0.25) is 0 Å². The number of halogens is 1. The maximum absolute atomic E-state index is 12.1. The van der Waals surface area contributed by atoms with E-state index in [1.807, 2.05) is 13.8 Å². The quantitative estimate of drug-likeness (QED) is 0.879. The highest BCUT2D eigenvalue weighted by atomic mass is 35.5. The van der Waals surface area contributed by atoms with Gasteiger partial charge in [0.05, 0.1) is 0 Å². The lowest BCUT2D eigenvalue weighted by Crippen LogP contribution is -2.48. The largest absolute Gasteiger partial charge is 0.346 e. The number of carbonyl (C=O) groups excluding carboxylic acids is 2. The van der Waals surface area contributed by atoms with Gasteiger partial charge in [-0.1, -0.05) is 6.07 Å². The van der Waals surface area contributed by atoms with Crippen molar-refractivity contribution in [1.82, 2.24) is 10.2 Å². The van der Waals surface area contributed by atoms with Crippen LogP contribution in [0.3, 0.4) is 0 Å². The number of hydrogen-bond donors (Lipinski definition) is 2. The molecule has 112 valence electrons. The van der Waals surface area contributed by atoms with Gasteiger partial charge in [0.25, 0.3) is 11.8 Å². The molecule has 0 spiro atoms. The van der Waals surface area contributed by atoms with Crippen LogP contribution in [0.5, 0.6) is 0 Å². The van der Waals surface area contributed by atoms with E-state index in [0.717, 1.165) is 0 Å². The molecule has 0 saturated carbocycles. The van der Waals surface area contributed by atoms with E-state index in [1.54, 1.807) is 38.4 Å². The second kappa shape index (κ2) is 7.26. The van der Waals surface area contributed by atoms with Crippen LogP contribution in [0, 0.1) is 0 Å². The molecule has 6 heteroatoms. The number of nitrogens with zero attached hydrogens (tertiary/aromatic N) is 1. The fourth-order valence-corrected chi connectivity index (χ4v) is 1.48. The van der Waals surface area contributed by atoms with E-state index >= 15 is 0 Å². The van der Waals surface area contributed by atoms with Crippen molar-refractivity contribution in [2.45, 2.75) is 19.4 Å². The zero-order valence-electron chi connectivity index (χ0n) is 12.3. The molecule has 5 nitrogen and oxygen atoms in total. The van der Waals surface area contributed by atoms with Crippen LogP contribution >= 0.6 is 12.4 Å². The summed E-state index contributed by atoms with van der Waals surface area (Å²) < 4.78 is 0. The monoisotopic (exact) mass is 299 g/mol. The molecular formula is C14H22ClN3O2. The Morgan fingerprint density at radius 3 is 2.30 bits per heavy atom. The van der Waals surface area contributed by atoms with Crippen LogP contribution in [0.25, 0.3) is 0 Å². The molecule has 0 bridgehead atoms. The van der Waals surface area contributed by atoms with Crippen LogP contribution in [0.2, 0.25) is 0 Å². The summed E-state index contributed by atoms with van der Waals surface area (Å²) in [4.78, 5) is 25.4. The molecule has 0 aliphatic heterocycles. The summed E-state index contributed by atoms with van der Waals surface area (Å²) in [6, 6.07) is 6.65. The highest BCUT2D eigenvalue weighted by molar-refractivity contribution is 5.99. The molecule has 0 radical (unpaired) electrons. The minimum Gasteiger partial charge on any atom is -0.346 e. The number of nitrogens with two attached hydrogens (primary N) is 1. The van der Waals surface area contributed by atoms with Gasteiger partial charge in [0.1, 0.15) is 0 Å². The first kappa shape index (κ1) is 18.4. The Hall–Kier alpha value is -1.59. The van der Waals surface area contributed by atoms with Gasteiger partial charge in [-0.3, -0.25) is 9.59 Å².